The molecule has 0 fully saturated rings. The predicted molar refractivity (Wildman–Crippen MR) is 78.1 cm³/mol. The largest absolute Gasteiger partial charge is 0.298 e. The van der Waals surface area contributed by atoms with Gasteiger partial charge in [0.05, 0.1) is 5.69 Å². The van der Waals surface area contributed by atoms with Crippen molar-refractivity contribution in [3.63, 3.8) is 0 Å². The van der Waals surface area contributed by atoms with E-state index in [9.17, 15) is 4.79 Å². The quantitative estimate of drug-likeness (QED) is 0.878. The first-order chi connectivity index (χ1) is 9.26. The van der Waals surface area contributed by atoms with E-state index in [0.29, 0.717) is 16.6 Å². The number of carbonyl (C=O) groups is 1. The van der Waals surface area contributed by atoms with E-state index < -0.39 is 0 Å². The number of fused-ring (bicyclic) bond motifs is 1. The van der Waals surface area contributed by atoms with Crippen LogP contribution < -0.4 is 5.32 Å². The Kier molecular flexibility index (Phi) is 3.53. The number of anilines is 1. The summed E-state index contributed by atoms with van der Waals surface area (Å²) < 4.78 is 0. The highest BCUT2D eigenvalue weighted by atomic mass is 35.5. The number of hydrogen-bond donors (Lipinski definition) is 1. The molecule has 0 radical (unpaired) electrons. The fraction of sp³-hybridized carbons (Fsp3) is 0.286. The number of amides is 1. The van der Waals surface area contributed by atoms with Crippen LogP contribution in [0.2, 0.25) is 0 Å². The average Bonchev–Trinajstić information content (AvgIpc) is 2.99. The summed E-state index contributed by atoms with van der Waals surface area (Å²) in [5.41, 5.74) is 2.71. The van der Waals surface area contributed by atoms with Crippen molar-refractivity contribution in [3.8, 4) is 0 Å². The van der Waals surface area contributed by atoms with Crippen LogP contribution in [0.15, 0.2) is 24.3 Å². The number of aryl methyl sites for hydroxylation is 2. The number of carbonyl (C=O) groups excluding carboxylic acids is 1. The molecule has 0 saturated carbocycles. The molecule has 1 heterocycles. The summed E-state index contributed by atoms with van der Waals surface area (Å²) in [6, 6.07) is 7.34. The number of rotatable bonds is 3. The van der Waals surface area contributed by atoms with Gasteiger partial charge >= 0.3 is 0 Å². The third kappa shape index (κ3) is 2.65. The van der Waals surface area contributed by atoms with Gasteiger partial charge in [0.2, 0.25) is 0 Å². The van der Waals surface area contributed by atoms with Crippen molar-refractivity contribution < 1.29 is 4.79 Å². The number of thiazole rings is 1. The molecule has 0 unspecified atom stereocenters. The van der Waals surface area contributed by atoms with Crippen molar-refractivity contribution in [2.75, 3.05) is 5.32 Å². The summed E-state index contributed by atoms with van der Waals surface area (Å²) >= 11 is 7.36. The van der Waals surface area contributed by atoms with E-state index in [-0.39, 0.29) is 5.91 Å². The van der Waals surface area contributed by atoms with Crippen LogP contribution in [0, 0.1) is 0 Å². The normalized spacial score (nSPS) is 13.3. The van der Waals surface area contributed by atoms with Gasteiger partial charge in [0.15, 0.2) is 5.13 Å². The summed E-state index contributed by atoms with van der Waals surface area (Å²) in [4.78, 5) is 17.9. The Bertz CT molecular complexity index is 602. The van der Waals surface area contributed by atoms with Gasteiger partial charge in [-0.3, -0.25) is 10.1 Å². The van der Waals surface area contributed by atoms with Crippen molar-refractivity contribution in [3.05, 3.63) is 46.0 Å². The van der Waals surface area contributed by atoms with Crippen molar-refractivity contribution in [1.29, 1.82) is 0 Å². The molecule has 0 saturated heterocycles. The Morgan fingerprint density at radius 2 is 2.32 bits per heavy atom. The molecule has 19 heavy (non-hydrogen) atoms. The Balaban J connectivity index is 1.76. The standard InChI is InChI=1S/C14H13ClN2OS/c15-8-9-3-1-4-10(7-9)13(18)17-14-16-11-5-2-6-12(11)19-14/h1,3-4,7H,2,5-6,8H2,(H,16,17,18). The maximum absolute atomic E-state index is 12.1. The molecule has 3 rings (SSSR count). The Labute approximate surface area is 120 Å². The van der Waals surface area contributed by atoms with Crippen molar-refractivity contribution in [2.45, 2.75) is 25.1 Å². The molecular formula is C14H13ClN2OS. The van der Waals surface area contributed by atoms with Crippen LogP contribution in [0.3, 0.4) is 0 Å². The molecule has 98 valence electrons. The number of halogens is 1. The zero-order valence-electron chi connectivity index (χ0n) is 10.3. The molecule has 3 nitrogen and oxygen atoms in total. The molecule has 0 spiro atoms. The molecule has 1 aromatic heterocycles. The minimum atomic E-state index is -0.126. The second-order valence-corrected chi connectivity index (χ2v) is 5.88. The van der Waals surface area contributed by atoms with Gasteiger partial charge in [-0.25, -0.2) is 4.98 Å². The van der Waals surface area contributed by atoms with E-state index in [0.717, 1.165) is 24.1 Å². The second kappa shape index (κ2) is 5.31. The SMILES string of the molecule is O=C(Nc1nc2c(s1)CCC2)c1cccc(CCl)c1. The lowest BCUT2D eigenvalue weighted by atomic mass is 10.1. The lowest BCUT2D eigenvalue weighted by Crippen LogP contribution is -2.12. The molecule has 2 aromatic rings. The number of alkyl halides is 1. The highest BCUT2D eigenvalue weighted by Crippen LogP contribution is 2.30. The summed E-state index contributed by atoms with van der Waals surface area (Å²) in [7, 11) is 0. The first-order valence-electron chi connectivity index (χ1n) is 6.21. The summed E-state index contributed by atoms with van der Waals surface area (Å²) in [6.45, 7) is 0. The number of benzene rings is 1. The van der Waals surface area contributed by atoms with Crippen LogP contribution in [0.5, 0.6) is 0 Å². The van der Waals surface area contributed by atoms with E-state index in [1.54, 1.807) is 17.4 Å². The predicted octanol–water partition coefficient (Wildman–Crippen LogP) is 3.62. The van der Waals surface area contributed by atoms with Gasteiger partial charge in [0.1, 0.15) is 0 Å². The summed E-state index contributed by atoms with van der Waals surface area (Å²) in [5, 5.41) is 3.56. The van der Waals surface area contributed by atoms with Crippen LogP contribution in [0.1, 0.15) is 32.9 Å². The maximum atomic E-state index is 12.1. The number of nitrogens with one attached hydrogen (secondary N) is 1. The van der Waals surface area contributed by atoms with Gasteiger partial charge in [-0.1, -0.05) is 12.1 Å². The van der Waals surface area contributed by atoms with Gasteiger partial charge in [-0.2, -0.15) is 0 Å². The highest BCUT2D eigenvalue weighted by Gasteiger charge is 2.18. The first-order valence-corrected chi connectivity index (χ1v) is 7.56. The van der Waals surface area contributed by atoms with E-state index in [1.807, 2.05) is 18.2 Å². The smallest absolute Gasteiger partial charge is 0.257 e. The minimum absolute atomic E-state index is 0.126. The molecule has 0 bridgehead atoms. The zero-order chi connectivity index (χ0) is 13.2. The third-order valence-electron chi connectivity index (χ3n) is 3.16. The van der Waals surface area contributed by atoms with E-state index in [1.165, 1.54) is 11.3 Å². The van der Waals surface area contributed by atoms with Gasteiger partial charge in [0.25, 0.3) is 5.91 Å². The summed E-state index contributed by atoms with van der Waals surface area (Å²) in [6.07, 6.45) is 3.30. The van der Waals surface area contributed by atoms with E-state index in [4.69, 9.17) is 11.6 Å². The lowest BCUT2D eigenvalue weighted by Gasteiger charge is -2.03. The first kappa shape index (κ1) is 12.6. The lowest BCUT2D eigenvalue weighted by molar-refractivity contribution is 0.102. The molecule has 5 heteroatoms. The molecule has 0 aliphatic heterocycles. The third-order valence-corrected chi connectivity index (χ3v) is 4.54. The van der Waals surface area contributed by atoms with Crippen LogP contribution in [-0.4, -0.2) is 10.9 Å². The highest BCUT2D eigenvalue weighted by molar-refractivity contribution is 7.15. The van der Waals surface area contributed by atoms with E-state index in [2.05, 4.69) is 10.3 Å². The maximum Gasteiger partial charge on any atom is 0.257 e. The van der Waals surface area contributed by atoms with Crippen molar-refractivity contribution in [1.82, 2.24) is 4.98 Å². The van der Waals surface area contributed by atoms with Crippen LogP contribution in [0.4, 0.5) is 5.13 Å². The van der Waals surface area contributed by atoms with Gasteiger partial charge < -0.3 is 0 Å². The Hall–Kier alpha value is -1.39. The number of aromatic nitrogens is 1. The van der Waals surface area contributed by atoms with Crippen LogP contribution in [-0.2, 0) is 18.7 Å². The molecule has 1 amide bonds. The van der Waals surface area contributed by atoms with Crippen LogP contribution >= 0.6 is 22.9 Å². The molecular weight excluding hydrogens is 280 g/mol. The number of hydrogen-bond acceptors (Lipinski definition) is 3. The zero-order valence-corrected chi connectivity index (χ0v) is 11.9. The van der Waals surface area contributed by atoms with Gasteiger partial charge in [0, 0.05) is 16.3 Å². The van der Waals surface area contributed by atoms with Crippen molar-refractivity contribution >= 4 is 34.0 Å². The minimum Gasteiger partial charge on any atom is -0.298 e. The summed E-state index contributed by atoms with van der Waals surface area (Å²) in [5.74, 6) is 0.284. The van der Waals surface area contributed by atoms with Crippen molar-refractivity contribution in [2.24, 2.45) is 0 Å². The molecule has 1 N–H and O–H groups in total. The molecule has 1 aliphatic rings. The molecule has 1 aromatic carbocycles. The molecule has 1 aliphatic carbocycles. The number of nitrogens with zero attached hydrogens (tertiary/aromatic N) is 1. The Morgan fingerprint density at radius 3 is 3.11 bits per heavy atom. The monoisotopic (exact) mass is 292 g/mol. The fourth-order valence-corrected chi connectivity index (χ4v) is 3.42. The van der Waals surface area contributed by atoms with E-state index >= 15 is 0 Å². The van der Waals surface area contributed by atoms with Gasteiger partial charge in [-0.05, 0) is 37.0 Å². The van der Waals surface area contributed by atoms with Gasteiger partial charge in [-0.15, -0.1) is 22.9 Å². The van der Waals surface area contributed by atoms with Crippen LogP contribution in [0.25, 0.3) is 0 Å². The Morgan fingerprint density at radius 1 is 1.42 bits per heavy atom. The molecule has 0 atom stereocenters. The topological polar surface area (TPSA) is 42.0 Å². The second-order valence-electron chi connectivity index (χ2n) is 4.53. The average molecular weight is 293 g/mol. The fourth-order valence-electron chi connectivity index (χ4n) is 2.21.